The molecule has 0 saturated heterocycles. The lowest BCUT2D eigenvalue weighted by Gasteiger charge is -2.28. The molecule has 0 spiro atoms. The summed E-state index contributed by atoms with van der Waals surface area (Å²) in [6, 6.07) is 21.6. The number of nitrogens with one attached hydrogen (secondary N) is 1. The average Bonchev–Trinajstić information content (AvgIpc) is 3.21. The number of anilines is 1. The van der Waals surface area contributed by atoms with Crippen molar-refractivity contribution in [1.29, 1.82) is 0 Å². The number of carbonyl (C=O) groups is 1. The van der Waals surface area contributed by atoms with E-state index >= 15 is 0 Å². The molecule has 1 aliphatic heterocycles. The SMILES string of the molecule is O=C(Nc1nc2ccccc2s1)c1ccc(S(=O)(=O)N2CCc3ccccc3C2)cc1. The number of carbonyl (C=O) groups excluding carboxylic acids is 1. The summed E-state index contributed by atoms with van der Waals surface area (Å²) in [5.74, 6) is -0.324. The van der Waals surface area contributed by atoms with E-state index in [2.05, 4.69) is 10.3 Å². The van der Waals surface area contributed by atoms with Crippen LogP contribution in [-0.4, -0.2) is 30.2 Å². The first-order valence-electron chi connectivity index (χ1n) is 9.85. The van der Waals surface area contributed by atoms with Crippen LogP contribution in [0.4, 0.5) is 5.13 Å². The summed E-state index contributed by atoms with van der Waals surface area (Å²) >= 11 is 1.40. The van der Waals surface area contributed by atoms with E-state index in [0.29, 0.717) is 30.2 Å². The van der Waals surface area contributed by atoms with Crippen LogP contribution in [0.2, 0.25) is 0 Å². The number of amides is 1. The molecule has 5 rings (SSSR count). The van der Waals surface area contributed by atoms with Crippen molar-refractivity contribution in [3.05, 3.63) is 89.5 Å². The normalized spacial score (nSPS) is 14.3. The Morgan fingerprint density at radius 1 is 0.935 bits per heavy atom. The van der Waals surface area contributed by atoms with Crippen LogP contribution in [0, 0.1) is 0 Å². The Bertz CT molecular complexity index is 1350. The molecular formula is C23H19N3O3S2. The first-order chi connectivity index (χ1) is 15.0. The lowest BCUT2D eigenvalue weighted by Crippen LogP contribution is -2.35. The lowest BCUT2D eigenvalue weighted by molar-refractivity contribution is 0.102. The maximum Gasteiger partial charge on any atom is 0.257 e. The van der Waals surface area contributed by atoms with Gasteiger partial charge in [-0.15, -0.1) is 0 Å². The van der Waals surface area contributed by atoms with Gasteiger partial charge in [0.25, 0.3) is 5.91 Å². The highest BCUT2D eigenvalue weighted by Crippen LogP contribution is 2.27. The van der Waals surface area contributed by atoms with Gasteiger partial charge in [0.1, 0.15) is 0 Å². The number of fused-ring (bicyclic) bond motifs is 2. The number of thiazole rings is 1. The van der Waals surface area contributed by atoms with Gasteiger partial charge in [0, 0.05) is 18.7 Å². The van der Waals surface area contributed by atoms with E-state index in [1.807, 2.05) is 48.5 Å². The van der Waals surface area contributed by atoms with Gasteiger partial charge in [-0.25, -0.2) is 13.4 Å². The molecule has 0 atom stereocenters. The van der Waals surface area contributed by atoms with Crippen molar-refractivity contribution in [2.45, 2.75) is 17.9 Å². The molecule has 0 unspecified atom stereocenters. The zero-order chi connectivity index (χ0) is 21.4. The largest absolute Gasteiger partial charge is 0.298 e. The van der Waals surface area contributed by atoms with E-state index in [-0.39, 0.29) is 10.8 Å². The predicted octanol–water partition coefficient (Wildman–Crippen LogP) is 4.30. The number of aromatic nitrogens is 1. The van der Waals surface area contributed by atoms with Crippen LogP contribution in [0.3, 0.4) is 0 Å². The van der Waals surface area contributed by atoms with Gasteiger partial charge in [-0.1, -0.05) is 47.7 Å². The summed E-state index contributed by atoms with van der Waals surface area (Å²) in [7, 11) is -3.63. The van der Waals surface area contributed by atoms with E-state index in [4.69, 9.17) is 0 Å². The van der Waals surface area contributed by atoms with Crippen molar-refractivity contribution < 1.29 is 13.2 Å². The van der Waals surface area contributed by atoms with Crippen LogP contribution in [0.25, 0.3) is 10.2 Å². The minimum absolute atomic E-state index is 0.184. The first kappa shape index (κ1) is 19.9. The Kier molecular flexibility index (Phi) is 5.05. The smallest absolute Gasteiger partial charge is 0.257 e. The Morgan fingerprint density at radius 3 is 2.42 bits per heavy atom. The minimum Gasteiger partial charge on any atom is -0.298 e. The molecule has 8 heteroatoms. The molecule has 6 nitrogen and oxygen atoms in total. The maximum absolute atomic E-state index is 13.1. The Hall–Kier alpha value is -3.07. The molecule has 156 valence electrons. The van der Waals surface area contributed by atoms with Crippen LogP contribution < -0.4 is 5.32 Å². The van der Waals surface area contributed by atoms with E-state index in [0.717, 1.165) is 15.8 Å². The Balaban J connectivity index is 1.32. The van der Waals surface area contributed by atoms with Crippen LogP contribution in [0.15, 0.2) is 77.7 Å². The zero-order valence-electron chi connectivity index (χ0n) is 16.5. The quantitative estimate of drug-likeness (QED) is 0.504. The van der Waals surface area contributed by atoms with Gasteiger partial charge >= 0.3 is 0 Å². The third-order valence-electron chi connectivity index (χ3n) is 5.36. The maximum atomic E-state index is 13.1. The molecule has 2 heterocycles. The highest BCUT2D eigenvalue weighted by Gasteiger charge is 2.28. The standard InChI is InChI=1S/C23H19N3O3S2/c27-22(25-23-24-20-7-3-4-8-21(20)30-23)17-9-11-19(12-10-17)31(28,29)26-14-13-16-5-1-2-6-18(16)15-26/h1-12H,13-15H2,(H,24,25,27). The third-order valence-corrected chi connectivity index (χ3v) is 8.18. The molecule has 3 aromatic carbocycles. The van der Waals surface area contributed by atoms with Gasteiger partial charge in [0.15, 0.2) is 5.13 Å². The van der Waals surface area contributed by atoms with Crippen molar-refractivity contribution in [3.63, 3.8) is 0 Å². The molecule has 0 saturated carbocycles. The summed E-state index contributed by atoms with van der Waals surface area (Å²) < 4.78 is 28.7. The predicted molar refractivity (Wildman–Crippen MR) is 122 cm³/mol. The third kappa shape index (κ3) is 3.85. The molecule has 4 aromatic rings. The van der Waals surface area contributed by atoms with Gasteiger partial charge < -0.3 is 0 Å². The van der Waals surface area contributed by atoms with Crippen molar-refractivity contribution in [1.82, 2.24) is 9.29 Å². The van der Waals surface area contributed by atoms with E-state index < -0.39 is 10.0 Å². The minimum atomic E-state index is -3.63. The topological polar surface area (TPSA) is 79.4 Å². The van der Waals surface area contributed by atoms with E-state index in [1.165, 1.54) is 45.5 Å². The van der Waals surface area contributed by atoms with Crippen LogP contribution in [0.5, 0.6) is 0 Å². The first-order valence-corrected chi connectivity index (χ1v) is 12.1. The Morgan fingerprint density at radius 2 is 1.65 bits per heavy atom. The number of benzene rings is 3. The molecule has 1 aromatic heterocycles. The van der Waals surface area contributed by atoms with Gasteiger partial charge in [0.2, 0.25) is 10.0 Å². The van der Waals surface area contributed by atoms with E-state index in [1.54, 1.807) is 0 Å². The fourth-order valence-corrected chi connectivity index (χ4v) is 5.98. The summed E-state index contributed by atoms with van der Waals surface area (Å²) in [6.45, 7) is 0.803. The van der Waals surface area contributed by atoms with Gasteiger partial charge in [-0.05, 0) is 53.9 Å². The molecule has 0 bridgehead atoms. The fraction of sp³-hybridized carbons (Fsp3) is 0.130. The van der Waals surface area contributed by atoms with Gasteiger partial charge in [-0.3, -0.25) is 10.1 Å². The second-order valence-corrected chi connectivity index (χ2v) is 10.3. The molecule has 0 fully saturated rings. The molecule has 1 N–H and O–H groups in total. The van der Waals surface area contributed by atoms with Crippen molar-refractivity contribution in [2.75, 3.05) is 11.9 Å². The Labute approximate surface area is 184 Å². The zero-order valence-corrected chi connectivity index (χ0v) is 18.1. The number of hydrogen-bond donors (Lipinski definition) is 1. The molecule has 0 aliphatic carbocycles. The number of rotatable bonds is 4. The summed E-state index contributed by atoms with van der Waals surface area (Å²) in [4.78, 5) is 17.2. The summed E-state index contributed by atoms with van der Waals surface area (Å²) in [5.41, 5.74) is 3.43. The van der Waals surface area contributed by atoms with Gasteiger partial charge in [0.05, 0.1) is 15.1 Å². The fourth-order valence-electron chi connectivity index (χ4n) is 3.70. The van der Waals surface area contributed by atoms with Crippen LogP contribution >= 0.6 is 11.3 Å². The van der Waals surface area contributed by atoms with Crippen molar-refractivity contribution in [2.24, 2.45) is 0 Å². The second-order valence-electron chi connectivity index (χ2n) is 7.32. The number of sulfonamides is 1. The van der Waals surface area contributed by atoms with E-state index in [9.17, 15) is 13.2 Å². The van der Waals surface area contributed by atoms with Crippen LogP contribution in [-0.2, 0) is 23.0 Å². The molecule has 1 amide bonds. The van der Waals surface area contributed by atoms with Crippen molar-refractivity contribution in [3.8, 4) is 0 Å². The summed E-state index contributed by atoms with van der Waals surface area (Å²) in [6.07, 6.45) is 0.693. The van der Waals surface area contributed by atoms with Crippen LogP contribution in [0.1, 0.15) is 21.5 Å². The van der Waals surface area contributed by atoms with Gasteiger partial charge in [-0.2, -0.15) is 4.31 Å². The average molecular weight is 450 g/mol. The number of hydrogen-bond acceptors (Lipinski definition) is 5. The highest BCUT2D eigenvalue weighted by molar-refractivity contribution is 7.89. The number of para-hydroxylation sites is 1. The second kappa shape index (κ2) is 7.88. The molecule has 0 radical (unpaired) electrons. The lowest BCUT2D eigenvalue weighted by atomic mass is 10.0. The monoisotopic (exact) mass is 449 g/mol. The highest BCUT2D eigenvalue weighted by atomic mass is 32.2. The summed E-state index contributed by atoms with van der Waals surface area (Å²) in [5, 5.41) is 3.30. The van der Waals surface area contributed by atoms with Crippen molar-refractivity contribution >= 4 is 42.6 Å². The molecule has 1 aliphatic rings. The number of nitrogens with zero attached hydrogens (tertiary/aromatic N) is 2. The molecular weight excluding hydrogens is 430 g/mol. The molecule has 31 heavy (non-hydrogen) atoms.